The van der Waals surface area contributed by atoms with Crippen molar-refractivity contribution in [3.05, 3.63) is 0 Å². The Bertz CT molecular complexity index is 191. The third-order valence-corrected chi connectivity index (χ3v) is 3.16. The minimum Gasteiger partial charge on any atom is -0.465 e. The molecule has 2 N–H and O–H groups in total. The van der Waals surface area contributed by atoms with Crippen molar-refractivity contribution in [2.75, 3.05) is 31.3 Å². The van der Waals surface area contributed by atoms with Crippen LogP contribution in [-0.4, -0.2) is 43.3 Å². The second kappa shape index (κ2) is 12.2. The van der Waals surface area contributed by atoms with Gasteiger partial charge < -0.3 is 15.2 Å². The highest BCUT2D eigenvalue weighted by molar-refractivity contribution is 7.99. The standard InChI is InChI=1S/C12H25NO3S/c1-3-5-7-15-8-10-17-9-6-11(13)12(14)16-4-2/h11H,3-10,13H2,1-2H3. The van der Waals surface area contributed by atoms with Gasteiger partial charge in [-0.25, -0.2) is 0 Å². The zero-order chi connectivity index (χ0) is 12.9. The molecule has 1 atom stereocenters. The van der Waals surface area contributed by atoms with E-state index in [0.717, 1.165) is 31.1 Å². The number of rotatable bonds is 11. The maximum Gasteiger partial charge on any atom is 0.322 e. The van der Waals surface area contributed by atoms with Crippen LogP contribution in [0, 0.1) is 0 Å². The second-order valence-electron chi connectivity index (χ2n) is 3.73. The third-order valence-electron chi connectivity index (χ3n) is 2.18. The van der Waals surface area contributed by atoms with Gasteiger partial charge in [-0.15, -0.1) is 0 Å². The summed E-state index contributed by atoms with van der Waals surface area (Å²) in [5, 5.41) is 0. The number of hydrogen-bond donors (Lipinski definition) is 1. The molecule has 0 aliphatic carbocycles. The van der Waals surface area contributed by atoms with Crippen LogP contribution in [0.25, 0.3) is 0 Å². The van der Waals surface area contributed by atoms with Gasteiger partial charge in [-0.1, -0.05) is 13.3 Å². The average molecular weight is 263 g/mol. The van der Waals surface area contributed by atoms with Crippen LogP contribution in [0.2, 0.25) is 0 Å². The Morgan fingerprint density at radius 1 is 1.29 bits per heavy atom. The summed E-state index contributed by atoms with van der Waals surface area (Å²) < 4.78 is 10.3. The van der Waals surface area contributed by atoms with Crippen LogP contribution in [0.1, 0.15) is 33.1 Å². The van der Waals surface area contributed by atoms with E-state index in [4.69, 9.17) is 15.2 Å². The van der Waals surface area contributed by atoms with Gasteiger partial charge in [0.1, 0.15) is 6.04 Å². The minimum atomic E-state index is -0.483. The van der Waals surface area contributed by atoms with E-state index in [9.17, 15) is 4.79 Å². The number of hydrogen-bond acceptors (Lipinski definition) is 5. The van der Waals surface area contributed by atoms with Gasteiger partial charge >= 0.3 is 5.97 Å². The first kappa shape index (κ1) is 16.7. The van der Waals surface area contributed by atoms with E-state index in [1.165, 1.54) is 6.42 Å². The van der Waals surface area contributed by atoms with Crippen LogP contribution in [0.3, 0.4) is 0 Å². The molecule has 0 aromatic heterocycles. The van der Waals surface area contributed by atoms with Crippen LogP contribution in [0.15, 0.2) is 0 Å². The lowest BCUT2D eigenvalue weighted by Crippen LogP contribution is -2.32. The quantitative estimate of drug-likeness (QED) is 0.455. The number of unbranched alkanes of at least 4 members (excludes halogenated alkanes) is 1. The van der Waals surface area contributed by atoms with Gasteiger partial charge in [0.25, 0.3) is 0 Å². The molecule has 0 rings (SSSR count). The van der Waals surface area contributed by atoms with E-state index in [2.05, 4.69) is 6.92 Å². The van der Waals surface area contributed by atoms with E-state index in [-0.39, 0.29) is 5.97 Å². The van der Waals surface area contributed by atoms with Crippen molar-refractivity contribution in [1.82, 2.24) is 0 Å². The maximum absolute atomic E-state index is 11.2. The number of nitrogens with two attached hydrogens (primary N) is 1. The zero-order valence-electron chi connectivity index (χ0n) is 10.9. The lowest BCUT2D eigenvalue weighted by atomic mass is 10.2. The summed E-state index contributed by atoms with van der Waals surface area (Å²) in [4.78, 5) is 11.2. The van der Waals surface area contributed by atoms with Gasteiger partial charge in [-0.2, -0.15) is 11.8 Å². The molecule has 0 spiro atoms. The van der Waals surface area contributed by atoms with Gasteiger partial charge in [-0.3, -0.25) is 4.79 Å². The average Bonchev–Trinajstić information content (AvgIpc) is 2.32. The van der Waals surface area contributed by atoms with E-state index in [1.807, 2.05) is 0 Å². The van der Waals surface area contributed by atoms with Crippen molar-refractivity contribution in [2.24, 2.45) is 5.73 Å². The van der Waals surface area contributed by atoms with E-state index >= 15 is 0 Å². The van der Waals surface area contributed by atoms with Gasteiger partial charge in [-0.05, 0) is 25.5 Å². The molecular weight excluding hydrogens is 238 g/mol. The summed E-state index contributed by atoms with van der Waals surface area (Å²) in [7, 11) is 0. The first-order valence-electron chi connectivity index (χ1n) is 6.30. The highest BCUT2D eigenvalue weighted by Gasteiger charge is 2.13. The normalized spacial score (nSPS) is 12.4. The smallest absolute Gasteiger partial charge is 0.322 e. The number of ether oxygens (including phenoxy) is 2. The molecule has 0 aliphatic heterocycles. The minimum absolute atomic E-state index is 0.299. The molecule has 0 saturated carbocycles. The van der Waals surface area contributed by atoms with E-state index < -0.39 is 6.04 Å². The lowest BCUT2D eigenvalue weighted by Gasteiger charge is -2.09. The number of carbonyl (C=O) groups excluding carboxylic acids is 1. The van der Waals surface area contributed by atoms with Gasteiger partial charge in [0, 0.05) is 12.4 Å². The van der Waals surface area contributed by atoms with Crippen molar-refractivity contribution in [2.45, 2.75) is 39.2 Å². The van der Waals surface area contributed by atoms with Crippen LogP contribution < -0.4 is 5.73 Å². The van der Waals surface area contributed by atoms with Crippen molar-refractivity contribution in [1.29, 1.82) is 0 Å². The Kier molecular flexibility index (Phi) is 12.0. The van der Waals surface area contributed by atoms with Crippen LogP contribution in [0.4, 0.5) is 0 Å². The molecule has 0 saturated heterocycles. The van der Waals surface area contributed by atoms with Crippen molar-refractivity contribution >= 4 is 17.7 Å². The van der Waals surface area contributed by atoms with E-state index in [1.54, 1.807) is 18.7 Å². The van der Waals surface area contributed by atoms with Crippen LogP contribution in [0.5, 0.6) is 0 Å². The van der Waals surface area contributed by atoms with Crippen molar-refractivity contribution in [3.8, 4) is 0 Å². The second-order valence-corrected chi connectivity index (χ2v) is 4.95. The Morgan fingerprint density at radius 3 is 2.71 bits per heavy atom. The largest absolute Gasteiger partial charge is 0.465 e. The highest BCUT2D eigenvalue weighted by Crippen LogP contribution is 2.05. The van der Waals surface area contributed by atoms with Gasteiger partial charge in [0.2, 0.25) is 0 Å². The Hall–Kier alpha value is -0.260. The van der Waals surface area contributed by atoms with Crippen LogP contribution >= 0.6 is 11.8 Å². The molecule has 0 aromatic rings. The molecule has 0 fully saturated rings. The number of carbonyl (C=O) groups is 1. The third kappa shape index (κ3) is 10.6. The Labute approximate surface area is 109 Å². The molecule has 0 heterocycles. The predicted octanol–water partition coefficient (Wildman–Crippen LogP) is 1.82. The lowest BCUT2D eigenvalue weighted by molar-refractivity contribution is -0.144. The zero-order valence-corrected chi connectivity index (χ0v) is 11.8. The molecule has 0 radical (unpaired) electrons. The summed E-state index contributed by atoms with van der Waals surface area (Å²) in [6, 6.07) is -0.483. The summed E-state index contributed by atoms with van der Waals surface area (Å²) >= 11 is 1.76. The fourth-order valence-corrected chi connectivity index (χ4v) is 2.01. The molecule has 4 nitrogen and oxygen atoms in total. The molecule has 0 aromatic carbocycles. The monoisotopic (exact) mass is 263 g/mol. The van der Waals surface area contributed by atoms with Crippen molar-refractivity contribution in [3.63, 3.8) is 0 Å². The topological polar surface area (TPSA) is 61.5 Å². The molecule has 0 amide bonds. The molecule has 1 unspecified atom stereocenters. The number of esters is 1. The Balaban J connectivity index is 3.24. The fraction of sp³-hybridized carbons (Fsp3) is 0.917. The fourth-order valence-electron chi connectivity index (χ4n) is 1.15. The van der Waals surface area contributed by atoms with Crippen LogP contribution in [-0.2, 0) is 14.3 Å². The Morgan fingerprint density at radius 2 is 2.06 bits per heavy atom. The summed E-state index contributed by atoms with van der Waals surface area (Å²) in [6.07, 6.45) is 2.96. The SMILES string of the molecule is CCCCOCCSCCC(N)C(=O)OCC. The first-order valence-corrected chi connectivity index (χ1v) is 7.45. The summed E-state index contributed by atoms with van der Waals surface area (Å²) in [6.45, 7) is 5.95. The van der Waals surface area contributed by atoms with E-state index in [0.29, 0.717) is 13.0 Å². The molecule has 17 heavy (non-hydrogen) atoms. The number of thioether (sulfide) groups is 1. The summed E-state index contributed by atoms with van der Waals surface area (Å²) in [5.41, 5.74) is 5.66. The molecular formula is C12H25NO3S. The predicted molar refractivity (Wildman–Crippen MR) is 72.3 cm³/mol. The van der Waals surface area contributed by atoms with Gasteiger partial charge in [0.15, 0.2) is 0 Å². The molecule has 5 heteroatoms. The molecule has 102 valence electrons. The first-order chi connectivity index (χ1) is 8.22. The summed E-state index contributed by atoms with van der Waals surface area (Å²) in [5.74, 6) is 1.53. The van der Waals surface area contributed by atoms with Gasteiger partial charge in [0.05, 0.1) is 13.2 Å². The highest BCUT2D eigenvalue weighted by atomic mass is 32.2. The van der Waals surface area contributed by atoms with Crippen molar-refractivity contribution < 1.29 is 14.3 Å². The molecule has 0 bridgehead atoms. The molecule has 0 aliphatic rings. The maximum atomic E-state index is 11.2.